The van der Waals surface area contributed by atoms with Gasteiger partial charge in [0.25, 0.3) is 5.56 Å². The van der Waals surface area contributed by atoms with Gasteiger partial charge in [0.1, 0.15) is 4.83 Å². The maximum absolute atomic E-state index is 13.9. The van der Waals surface area contributed by atoms with Crippen molar-refractivity contribution in [2.75, 3.05) is 16.8 Å². The predicted molar refractivity (Wildman–Crippen MR) is 190 cm³/mol. The molecule has 0 saturated carbocycles. The SMILES string of the molecule is O=C(CSc1nc2sc3c(c2c(=O)n1-c1ccccc1)CCCC3)Nc1ccc2nc(SCC(=O)c3ccc(Br)cc3)sc2c1. The highest BCUT2D eigenvalue weighted by molar-refractivity contribution is 9.10. The molecule has 0 atom stereocenters. The number of thiazole rings is 1. The van der Waals surface area contributed by atoms with Crippen LogP contribution in [0.4, 0.5) is 5.69 Å². The van der Waals surface area contributed by atoms with E-state index in [1.165, 1.54) is 39.7 Å². The molecule has 0 aliphatic heterocycles. The number of benzene rings is 3. The van der Waals surface area contributed by atoms with E-state index in [-0.39, 0.29) is 23.0 Å². The second kappa shape index (κ2) is 13.2. The number of para-hydroxylation sites is 1. The molecule has 0 spiro atoms. The van der Waals surface area contributed by atoms with Crippen molar-refractivity contribution >= 4 is 99.9 Å². The summed E-state index contributed by atoms with van der Waals surface area (Å²) in [5.74, 6) is 0.236. The Morgan fingerprint density at radius 3 is 2.53 bits per heavy atom. The van der Waals surface area contributed by atoms with Crippen molar-refractivity contribution in [1.82, 2.24) is 14.5 Å². The number of nitrogens with zero attached hydrogens (tertiary/aromatic N) is 3. The number of aryl methyl sites for hydroxylation is 2. The van der Waals surface area contributed by atoms with Crippen LogP contribution in [0.1, 0.15) is 33.6 Å². The van der Waals surface area contributed by atoms with Crippen LogP contribution >= 0.6 is 62.1 Å². The standard InChI is InChI=1S/C33H25BrN4O3S4/c34-20-12-10-19(11-13-20)25(39)17-43-33-36-24-15-14-21(16-27(24)45-33)35-28(40)18-42-32-37-30-29(23-8-4-5-9-26(23)44-30)31(41)38(32)22-6-2-1-3-7-22/h1-3,6-7,10-16H,4-5,8-9,17-18H2,(H,35,40). The van der Waals surface area contributed by atoms with Crippen molar-refractivity contribution in [2.45, 2.75) is 35.2 Å². The molecule has 6 aromatic rings. The predicted octanol–water partition coefficient (Wildman–Crippen LogP) is 8.40. The van der Waals surface area contributed by atoms with Gasteiger partial charge in [-0.05, 0) is 73.7 Å². The minimum atomic E-state index is -0.196. The molecule has 226 valence electrons. The number of anilines is 1. The Bertz CT molecular complexity index is 2120. The Morgan fingerprint density at radius 1 is 0.911 bits per heavy atom. The molecule has 1 aliphatic rings. The van der Waals surface area contributed by atoms with Crippen LogP contribution in [-0.2, 0) is 17.6 Å². The number of fused-ring (bicyclic) bond motifs is 4. The van der Waals surface area contributed by atoms with Gasteiger partial charge in [-0.15, -0.1) is 22.7 Å². The van der Waals surface area contributed by atoms with Crippen LogP contribution in [0.15, 0.2) is 91.6 Å². The van der Waals surface area contributed by atoms with Gasteiger partial charge in [-0.25, -0.2) is 9.97 Å². The number of rotatable bonds is 9. The van der Waals surface area contributed by atoms with Crippen molar-refractivity contribution in [3.05, 3.63) is 104 Å². The molecule has 0 radical (unpaired) electrons. The molecule has 0 bridgehead atoms. The summed E-state index contributed by atoms with van der Waals surface area (Å²) >= 11 is 9.16. The lowest BCUT2D eigenvalue weighted by Gasteiger charge is -2.13. The molecule has 1 N–H and O–H groups in total. The summed E-state index contributed by atoms with van der Waals surface area (Å²) in [6.07, 6.45) is 4.11. The summed E-state index contributed by atoms with van der Waals surface area (Å²) in [4.78, 5) is 51.2. The van der Waals surface area contributed by atoms with Gasteiger partial charge in [0.15, 0.2) is 15.3 Å². The minimum Gasteiger partial charge on any atom is -0.325 e. The fourth-order valence-corrected chi connectivity index (χ4v) is 9.69. The van der Waals surface area contributed by atoms with Gasteiger partial charge in [-0.3, -0.25) is 19.0 Å². The number of ketones is 1. The van der Waals surface area contributed by atoms with Gasteiger partial charge in [0, 0.05) is 20.6 Å². The lowest BCUT2D eigenvalue weighted by Crippen LogP contribution is -2.23. The zero-order valence-corrected chi connectivity index (χ0v) is 28.6. The molecule has 3 heterocycles. The first-order chi connectivity index (χ1) is 21.9. The zero-order chi connectivity index (χ0) is 30.9. The average molecular weight is 734 g/mol. The lowest BCUT2D eigenvalue weighted by molar-refractivity contribution is -0.113. The number of thioether (sulfide) groups is 2. The first-order valence-electron chi connectivity index (χ1n) is 14.3. The van der Waals surface area contributed by atoms with Crippen molar-refractivity contribution in [3.63, 3.8) is 0 Å². The second-order valence-electron chi connectivity index (χ2n) is 10.5. The monoisotopic (exact) mass is 732 g/mol. The normalized spacial score (nSPS) is 12.8. The number of aromatic nitrogens is 3. The molecule has 1 amide bonds. The van der Waals surface area contributed by atoms with Crippen LogP contribution in [0.3, 0.4) is 0 Å². The molecule has 3 aromatic carbocycles. The number of thiophene rings is 1. The van der Waals surface area contributed by atoms with Gasteiger partial charge < -0.3 is 5.32 Å². The summed E-state index contributed by atoms with van der Waals surface area (Å²) in [6.45, 7) is 0. The Balaban J connectivity index is 1.06. The first kappa shape index (κ1) is 30.4. The van der Waals surface area contributed by atoms with Crippen LogP contribution in [0.25, 0.3) is 26.1 Å². The maximum atomic E-state index is 13.9. The van der Waals surface area contributed by atoms with Gasteiger partial charge in [0.05, 0.1) is 32.8 Å². The molecule has 0 saturated heterocycles. The largest absolute Gasteiger partial charge is 0.325 e. The number of Topliss-reactive ketones (excluding diaryl/α,β-unsaturated/α-hetero) is 1. The average Bonchev–Trinajstić information content (AvgIpc) is 3.64. The summed E-state index contributed by atoms with van der Waals surface area (Å²) in [7, 11) is 0. The zero-order valence-electron chi connectivity index (χ0n) is 23.7. The van der Waals surface area contributed by atoms with E-state index in [4.69, 9.17) is 4.98 Å². The van der Waals surface area contributed by atoms with E-state index in [1.54, 1.807) is 15.9 Å². The molecular formula is C33H25BrN4O3S4. The quantitative estimate of drug-likeness (QED) is 0.0907. The van der Waals surface area contributed by atoms with E-state index in [0.29, 0.717) is 22.2 Å². The topological polar surface area (TPSA) is 93.9 Å². The number of carbonyl (C=O) groups excluding carboxylic acids is 2. The first-order valence-corrected chi connectivity index (χ1v) is 18.7. The van der Waals surface area contributed by atoms with Gasteiger partial charge in [-0.1, -0.05) is 69.8 Å². The Hall–Kier alpha value is -3.29. The number of hydrogen-bond acceptors (Lipinski definition) is 9. The van der Waals surface area contributed by atoms with Crippen LogP contribution in [0.2, 0.25) is 0 Å². The van der Waals surface area contributed by atoms with E-state index in [1.807, 2.05) is 72.8 Å². The van der Waals surface area contributed by atoms with E-state index in [2.05, 4.69) is 26.2 Å². The third kappa shape index (κ3) is 6.52. The second-order valence-corrected chi connectivity index (χ2v) is 15.7. The summed E-state index contributed by atoms with van der Waals surface area (Å²) in [6, 6.07) is 22.4. The fourth-order valence-electron chi connectivity index (χ4n) is 5.30. The summed E-state index contributed by atoms with van der Waals surface area (Å²) < 4.78 is 4.29. The van der Waals surface area contributed by atoms with Gasteiger partial charge in [0.2, 0.25) is 5.91 Å². The molecule has 0 unspecified atom stereocenters. The van der Waals surface area contributed by atoms with Gasteiger partial charge in [-0.2, -0.15) is 0 Å². The number of nitrogens with one attached hydrogen (secondary N) is 1. The van der Waals surface area contributed by atoms with Crippen LogP contribution in [0, 0.1) is 0 Å². The Morgan fingerprint density at radius 2 is 1.71 bits per heavy atom. The summed E-state index contributed by atoms with van der Waals surface area (Å²) in [5, 5.41) is 4.21. The van der Waals surface area contributed by atoms with E-state index >= 15 is 0 Å². The molecule has 7 nitrogen and oxygen atoms in total. The number of amides is 1. The highest BCUT2D eigenvalue weighted by Gasteiger charge is 2.23. The smallest absolute Gasteiger partial charge is 0.267 e. The van der Waals surface area contributed by atoms with E-state index < -0.39 is 0 Å². The lowest BCUT2D eigenvalue weighted by atomic mass is 9.97. The Kier molecular flexibility index (Phi) is 8.92. The van der Waals surface area contributed by atoms with E-state index in [9.17, 15) is 14.4 Å². The third-order valence-electron chi connectivity index (χ3n) is 7.45. The highest BCUT2D eigenvalue weighted by atomic mass is 79.9. The number of hydrogen-bond donors (Lipinski definition) is 1. The van der Waals surface area contributed by atoms with Gasteiger partial charge >= 0.3 is 0 Å². The van der Waals surface area contributed by atoms with E-state index in [0.717, 1.165) is 66.2 Å². The van der Waals surface area contributed by atoms with Crippen LogP contribution in [0.5, 0.6) is 0 Å². The highest BCUT2D eigenvalue weighted by Crippen LogP contribution is 2.36. The number of carbonyl (C=O) groups is 2. The van der Waals surface area contributed by atoms with Crippen molar-refractivity contribution in [3.8, 4) is 5.69 Å². The molecule has 7 rings (SSSR count). The summed E-state index contributed by atoms with van der Waals surface area (Å²) in [5.41, 5.74) is 3.95. The van der Waals surface area contributed by atoms with Crippen molar-refractivity contribution in [2.24, 2.45) is 0 Å². The minimum absolute atomic E-state index is 0.0437. The molecule has 0 fully saturated rings. The number of halogens is 1. The Labute approximate surface area is 283 Å². The van der Waals surface area contributed by atoms with Crippen LogP contribution in [-0.4, -0.2) is 37.7 Å². The third-order valence-corrected chi connectivity index (χ3v) is 12.3. The molecule has 1 aliphatic carbocycles. The molecule has 12 heteroatoms. The van der Waals surface area contributed by atoms with Crippen LogP contribution < -0.4 is 10.9 Å². The maximum Gasteiger partial charge on any atom is 0.267 e. The molecule has 45 heavy (non-hydrogen) atoms. The molecule has 3 aromatic heterocycles. The van der Waals surface area contributed by atoms with Crippen molar-refractivity contribution < 1.29 is 9.59 Å². The molecular weight excluding hydrogens is 709 g/mol. The van der Waals surface area contributed by atoms with Crippen molar-refractivity contribution in [1.29, 1.82) is 0 Å². The fraction of sp³-hybridized carbons (Fsp3) is 0.182.